The minimum atomic E-state index is 0.525. The van der Waals surface area contributed by atoms with Gasteiger partial charge in [0.25, 0.3) is 0 Å². The third kappa shape index (κ3) is 2.27. The molecule has 0 saturated carbocycles. The van der Waals surface area contributed by atoms with Gasteiger partial charge in [-0.15, -0.1) is 0 Å². The van der Waals surface area contributed by atoms with E-state index in [0.29, 0.717) is 5.92 Å². The number of hydrogen-bond donors (Lipinski definition) is 0. The second-order valence-electron chi connectivity index (χ2n) is 5.78. The Labute approximate surface area is 127 Å². The van der Waals surface area contributed by atoms with Gasteiger partial charge >= 0.3 is 0 Å². The van der Waals surface area contributed by atoms with Crippen LogP contribution in [0.25, 0.3) is 17.8 Å². The molecule has 108 valence electrons. The zero-order valence-electron chi connectivity index (χ0n) is 13.0. The lowest BCUT2D eigenvalue weighted by molar-refractivity contribution is 0.678. The largest absolute Gasteiger partial charge is 0.316 e. The van der Waals surface area contributed by atoms with E-state index in [2.05, 4.69) is 67.5 Å². The molecule has 21 heavy (non-hydrogen) atoms. The van der Waals surface area contributed by atoms with Crippen LogP contribution in [0.3, 0.4) is 0 Å². The Morgan fingerprint density at radius 3 is 2.71 bits per heavy atom. The number of aromatic nitrogens is 1. The number of nitrogens with zero attached hydrogens (tertiary/aromatic N) is 1. The van der Waals surface area contributed by atoms with Crippen LogP contribution in [0.5, 0.6) is 0 Å². The minimum Gasteiger partial charge on any atom is -0.316 e. The van der Waals surface area contributed by atoms with Crippen molar-refractivity contribution in [2.24, 2.45) is 0 Å². The summed E-state index contributed by atoms with van der Waals surface area (Å²) in [6, 6.07) is 10.7. The highest BCUT2D eigenvalue weighted by Gasteiger charge is 2.24. The molecule has 0 saturated heterocycles. The van der Waals surface area contributed by atoms with Crippen molar-refractivity contribution in [1.29, 1.82) is 0 Å². The predicted molar refractivity (Wildman–Crippen MR) is 91.9 cm³/mol. The van der Waals surface area contributed by atoms with E-state index >= 15 is 0 Å². The topological polar surface area (TPSA) is 4.93 Å². The van der Waals surface area contributed by atoms with Crippen LogP contribution in [0.15, 0.2) is 43.0 Å². The monoisotopic (exact) mass is 277 g/mol. The van der Waals surface area contributed by atoms with Crippen molar-refractivity contribution >= 4 is 12.2 Å². The summed E-state index contributed by atoms with van der Waals surface area (Å²) in [5, 5.41) is 0. The van der Waals surface area contributed by atoms with Gasteiger partial charge in [0.2, 0.25) is 0 Å². The number of allylic oxidation sites excluding steroid dienone is 1. The van der Waals surface area contributed by atoms with Crippen molar-refractivity contribution < 1.29 is 0 Å². The highest BCUT2D eigenvalue weighted by Crippen LogP contribution is 2.37. The molecule has 1 atom stereocenters. The van der Waals surface area contributed by atoms with Crippen LogP contribution in [0.2, 0.25) is 0 Å². The number of rotatable bonds is 4. The third-order valence-corrected chi connectivity index (χ3v) is 4.52. The van der Waals surface area contributed by atoms with Crippen LogP contribution in [0.1, 0.15) is 55.1 Å². The minimum absolute atomic E-state index is 0.525. The molecule has 2 aromatic rings. The Bertz CT molecular complexity index is 674. The van der Waals surface area contributed by atoms with E-state index in [9.17, 15) is 0 Å². The van der Waals surface area contributed by atoms with Crippen molar-refractivity contribution in [3.63, 3.8) is 0 Å². The quantitative estimate of drug-likeness (QED) is 0.686. The molecule has 1 aliphatic carbocycles. The van der Waals surface area contributed by atoms with Crippen LogP contribution in [-0.4, -0.2) is 4.57 Å². The molecule has 1 heteroatoms. The lowest BCUT2D eigenvalue weighted by Crippen LogP contribution is -2.08. The van der Waals surface area contributed by atoms with Crippen molar-refractivity contribution in [2.45, 2.75) is 39.0 Å². The Hall–Kier alpha value is -2.02. The fourth-order valence-corrected chi connectivity index (χ4v) is 3.30. The van der Waals surface area contributed by atoms with Gasteiger partial charge in [-0.2, -0.15) is 0 Å². The van der Waals surface area contributed by atoms with Crippen LogP contribution in [0.4, 0.5) is 0 Å². The molecule has 0 spiro atoms. The molecule has 0 aliphatic heterocycles. The molecule has 1 aromatic heterocycles. The van der Waals surface area contributed by atoms with E-state index < -0.39 is 0 Å². The summed E-state index contributed by atoms with van der Waals surface area (Å²) in [5.41, 5.74) is 6.81. The summed E-state index contributed by atoms with van der Waals surface area (Å²) in [6.45, 7) is 8.65. The maximum Gasteiger partial charge on any atom is 0.0455 e. The molecule has 1 nitrogen and oxygen atoms in total. The molecule has 3 rings (SSSR count). The maximum atomic E-state index is 4.08. The molecular formula is C20H23N. The molecule has 0 fully saturated rings. The predicted octanol–water partition coefficient (Wildman–Crippen LogP) is 5.59. The van der Waals surface area contributed by atoms with Gasteiger partial charge in [-0.3, -0.25) is 0 Å². The summed E-state index contributed by atoms with van der Waals surface area (Å²) in [5.74, 6) is 0.525. The van der Waals surface area contributed by atoms with Gasteiger partial charge in [0.15, 0.2) is 0 Å². The lowest BCUT2D eigenvalue weighted by Gasteiger charge is -2.18. The molecule has 1 unspecified atom stereocenters. The van der Waals surface area contributed by atoms with E-state index in [4.69, 9.17) is 0 Å². The number of benzene rings is 1. The molecule has 0 N–H and O–H groups in total. The maximum absolute atomic E-state index is 4.08. The normalized spacial score (nSPS) is 14.8. The number of hydrogen-bond acceptors (Lipinski definition) is 0. The van der Waals surface area contributed by atoms with E-state index in [1.807, 2.05) is 6.08 Å². The molecular weight excluding hydrogens is 254 g/mol. The summed E-state index contributed by atoms with van der Waals surface area (Å²) < 4.78 is 2.48. The fourth-order valence-electron chi connectivity index (χ4n) is 3.30. The molecule has 0 bridgehead atoms. The van der Waals surface area contributed by atoms with Crippen molar-refractivity contribution in [1.82, 2.24) is 4.57 Å². The number of fused-ring (bicyclic) bond motifs is 1. The van der Waals surface area contributed by atoms with Gasteiger partial charge < -0.3 is 4.57 Å². The molecule has 1 heterocycles. The van der Waals surface area contributed by atoms with Crippen molar-refractivity contribution in [3.05, 3.63) is 65.5 Å². The standard InChI is InChI=1S/C20H23N/c1-4-15(3)20-17(5-2)18-13-9-10-14-19(18)21(20)16-11-7-6-8-12-16/h5-9,11-13,15H,2,4,10,14H2,1,3H3. The van der Waals surface area contributed by atoms with E-state index in [-0.39, 0.29) is 0 Å². The molecule has 1 aliphatic rings. The van der Waals surface area contributed by atoms with Crippen LogP contribution < -0.4 is 0 Å². The summed E-state index contributed by atoms with van der Waals surface area (Å²) in [4.78, 5) is 0. The fraction of sp³-hybridized carbons (Fsp3) is 0.300. The highest BCUT2D eigenvalue weighted by atomic mass is 15.0. The summed E-state index contributed by atoms with van der Waals surface area (Å²) in [6.07, 6.45) is 9.97. The van der Waals surface area contributed by atoms with Crippen molar-refractivity contribution in [2.75, 3.05) is 0 Å². The molecule has 0 radical (unpaired) electrons. The Kier molecular flexibility index (Phi) is 3.83. The van der Waals surface area contributed by atoms with Gasteiger partial charge in [0.05, 0.1) is 0 Å². The Balaban J connectivity index is 2.33. The van der Waals surface area contributed by atoms with E-state index in [0.717, 1.165) is 19.3 Å². The van der Waals surface area contributed by atoms with Crippen LogP contribution in [0, 0.1) is 0 Å². The second kappa shape index (κ2) is 5.77. The summed E-state index contributed by atoms with van der Waals surface area (Å²) >= 11 is 0. The zero-order valence-corrected chi connectivity index (χ0v) is 13.0. The van der Waals surface area contributed by atoms with E-state index in [1.54, 1.807) is 0 Å². The molecule has 1 aromatic carbocycles. The summed E-state index contributed by atoms with van der Waals surface area (Å²) in [7, 11) is 0. The highest BCUT2D eigenvalue weighted by molar-refractivity contribution is 5.72. The van der Waals surface area contributed by atoms with Gasteiger partial charge in [-0.05, 0) is 37.3 Å². The SMILES string of the molecule is C=Cc1c2c(n(-c3ccccc3)c1C(C)CC)CCC=C2. The van der Waals surface area contributed by atoms with Crippen LogP contribution >= 0.6 is 0 Å². The lowest BCUT2D eigenvalue weighted by atomic mass is 9.96. The van der Waals surface area contributed by atoms with Gasteiger partial charge in [-0.25, -0.2) is 0 Å². The Morgan fingerprint density at radius 2 is 2.05 bits per heavy atom. The number of para-hydroxylation sites is 1. The van der Waals surface area contributed by atoms with Gasteiger partial charge in [-0.1, -0.05) is 56.9 Å². The smallest absolute Gasteiger partial charge is 0.0455 e. The first-order valence-electron chi connectivity index (χ1n) is 7.89. The van der Waals surface area contributed by atoms with Crippen molar-refractivity contribution in [3.8, 4) is 5.69 Å². The Morgan fingerprint density at radius 1 is 1.29 bits per heavy atom. The zero-order chi connectivity index (χ0) is 14.8. The molecule has 0 amide bonds. The van der Waals surface area contributed by atoms with Gasteiger partial charge in [0, 0.05) is 28.2 Å². The van der Waals surface area contributed by atoms with E-state index in [1.165, 1.54) is 28.2 Å². The third-order valence-electron chi connectivity index (χ3n) is 4.52. The van der Waals surface area contributed by atoms with Gasteiger partial charge in [0.1, 0.15) is 0 Å². The first-order chi connectivity index (χ1) is 10.3. The first-order valence-corrected chi connectivity index (χ1v) is 7.89. The average molecular weight is 277 g/mol. The average Bonchev–Trinajstić information content (AvgIpc) is 2.89. The first kappa shape index (κ1) is 13.9. The second-order valence-corrected chi connectivity index (χ2v) is 5.78. The van der Waals surface area contributed by atoms with Crippen LogP contribution in [-0.2, 0) is 6.42 Å².